The summed E-state index contributed by atoms with van der Waals surface area (Å²) >= 11 is 11.7. The fraction of sp³-hybridized carbons (Fsp3) is 1.00. The maximum Gasteiger partial charge on any atom is 0.0372 e. The van der Waals surface area contributed by atoms with E-state index in [0.29, 0.717) is 5.92 Å². The van der Waals surface area contributed by atoms with Crippen LogP contribution in [0.4, 0.5) is 0 Å². The Labute approximate surface area is 67.5 Å². The molecule has 0 aromatic carbocycles. The zero-order valence-electron chi connectivity index (χ0n) is 6.20. The van der Waals surface area contributed by atoms with Gasteiger partial charge in [0.05, 0.1) is 0 Å². The first kappa shape index (κ1) is 9.58. The minimum absolute atomic E-state index is 0.204. The molecule has 0 heterocycles. The van der Waals surface area contributed by atoms with Crippen LogP contribution in [0.1, 0.15) is 27.2 Å². The Kier molecular flexibility index (Phi) is 4.69. The number of alkyl halides is 2. The van der Waals surface area contributed by atoms with Gasteiger partial charge in [-0.15, -0.1) is 23.2 Å². The van der Waals surface area contributed by atoms with Crippen LogP contribution >= 0.6 is 23.2 Å². The highest BCUT2D eigenvalue weighted by Crippen LogP contribution is 2.17. The van der Waals surface area contributed by atoms with Crippen LogP contribution in [0.25, 0.3) is 0 Å². The van der Waals surface area contributed by atoms with Crippen LogP contribution in [-0.2, 0) is 0 Å². The summed E-state index contributed by atoms with van der Waals surface area (Å²) in [4.78, 5) is 0. The van der Waals surface area contributed by atoms with Crippen molar-refractivity contribution in [3.8, 4) is 0 Å². The minimum atomic E-state index is 0.204. The lowest BCUT2D eigenvalue weighted by Crippen LogP contribution is -2.11. The van der Waals surface area contributed by atoms with Gasteiger partial charge in [-0.1, -0.05) is 13.8 Å². The first-order chi connectivity index (χ1) is 4.04. The van der Waals surface area contributed by atoms with E-state index in [-0.39, 0.29) is 10.8 Å². The molecule has 0 saturated carbocycles. The third-order valence-corrected chi connectivity index (χ3v) is 2.13. The van der Waals surface area contributed by atoms with E-state index in [1.807, 2.05) is 6.92 Å². The molecule has 0 aliphatic rings. The molecule has 0 rings (SSSR count). The van der Waals surface area contributed by atoms with Gasteiger partial charge >= 0.3 is 0 Å². The lowest BCUT2D eigenvalue weighted by Gasteiger charge is -2.13. The lowest BCUT2D eigenvalue weighted by atomic mass is 10.1. The SMILES string of the molecule is CC(Cl)CC(Cl)C(C)C. The van der Waals surface area contributed by atoms with E-state index >= 15 is 0 Å². The highest BCUT2D eigenvalue weighted by atomic mass is 35.5. The smallest absolute Gasteiger partial charge is 0.0372 e. The molecular weight excluding hydrogens is 155 g/mol. The van der Waals surface area contributed by atoms with E-state index in [1.165, 1.54) is 0 Å². The maximum absolute atomic E-state index is 5.93. The molecule has 2 heteroatoms. The molecule has 0 amide bonds. The topological polar surface area (TPSA) is 0 Å². The maximum atomic E-state index is 5.93. The molecule has 0 fully saturated rings. The molecule has 0 radical (unpaired) electrons. The minimum Gasteiger partial charge on any atom is -0.123 e. The standard InChI is InChI=1S/C7H14Cl2/c1-5(2)7(9)4-6(3)8/h5-7H,4H2,1-3H3. The molecule has 0 aromatic heterocycles. The molecule has 2 atom stereocenters. The molecule has 0 spiro atoms. The zero-order valence-corrected chi connectivity index (χ0v) is 7.71. The average Bonchev–Trinajstić information content (AvgIpc) is 1.63. The van der Waals surface area contributed by atoms with E-state index in [9.17, 15) is 0 Å². The summed E-state index contributed by atoms with van der Waals surface area (Å²) in [5.41, 5.74) is 0. The third-order valence-electron chi connectivity index (χ3n) is 1.27. The average molecular weight is 169 g/mol. The van der Waals surface area contributed by atoms with E-state index in [1.54, 1.807) is 0 Å². The van der Waals surface area contributed by atoms with Crippen molar-refractivity contribution in [2.75, 3.05) is 0 Å². The summed E-state index contributed by atoms with van der Waals surface area (Å²) in [7, 11) is 0. The molecule has 0 aromatic rings. The second kappa shape index (κ2) is 4.40. The van der Waals surface area contributed by atoms with Gasteiger partial charge in [-0.05, 0) is 19.3 Å². The second-order valence-corrected chi connectivity index (χ2v) is 4.08. The van der Waals surface area contributed by atoms with E-state index in [2.05, 4.69) is 13.8 Å². The van der Waals surface area contributed by atoms with Crippen molar-refractivity contribution in [2.45, 2.75) is 37.9 Å². The van der Waals surface area contributed by atoms with Crippen LogP contribution in [0.2, 0.25) is 0 Å². The monoisotopic (exact) mass is 168 g/mol. The third kappa shape index (κ3) is 5.05. The zero-order chi connectivity index (χ0) is 7.44. The Morgan fingerprint density at radius 2 is 1.56 bits per heavy atom. The Morgan fingerprint density at radius 1 is 1.11 bits per heavy atom. The van der Waals surface area contributed by atoms with Gasteiger partial charge in [0, 0.05) is 10.8 Å². The van der Waals surface area contributed by atoms with Gasteiger partial charge in [-0.3, -0.25) is 0 Å². The molecule has 0 saturated heterocycles. The summed E-state index contributed by atoms with van der Waals surface area (Å²) in [6, 6.07) is 0. The van der Waals surface area contributed by atoms with Crippen molar-refractivity contribution in [1.29, 1.82) is 0 Å². The molecule has 0 nitrogen and oxygen atoms in total. The molecule has 0 N–H and O–H groups in total. The van der Waals surface area contributed by atoms with Gasteiger partial charge in [0.25, 0.3) is 0 Å². The summed E-state index contributed by atoms with van der Waals surface area (Å²) in [6.45, 7) is 6.19. The Balaban J connectivity index is 3.38. The van der Waals surface area contributed by atoms with Crippen molar-refractivity contribution in [1.82, 2.24) is 0 Å². The molecule has 0 aliphatic carbocycles. The highest BCUT2D eigenvalue weighted by molar-refractivity contribution is 6.23. The van der Waals surface area contributed by atoms with E-state index < -0.39 is 0 Å². The first-order valence-electron chi connectivity index (χ1n) is 3.32. The summed E-state index contributed by atoms with van der Waals surface area (Å²) < 4.78 is 0. The number of hydrogen-bond donors (Lipinski definition) is 0. The van der Waals surface area contributed by atoms with Crippen LogP contribution < -0.4 is 0 Å². The van der Waals surface area contributed by atoms with Crippen LogP contribution in [0.5, 0.6) is 0 Å². The highest BCUT2D eigenvalue weighted by Gasteiger charge is 2.11. The fourth-order valence-electron chi connectivity index (χ4n) is 0.582. The van der Waals surface area contributed by atoms with Crippen molar-refractivity contribution < 1.29 is 0 Å². The summed E-state index contributed by atoms with van der Waals surface area (Å²) in [5.74, 6) is 0.535. The number of rotatable bonds is 3. The predicted molar refractivity (Wildman–Crippen MR) is 44.4 cm³/mol. The van der Waals surface area contributed by atoms with Crippen molar-refractivity contribution >= 4 is 23.2 Å². The Hall–Kier alpha value is 0.580. The molecule has 9 heavy (non-hydrogen) atoms. The Morgan fingerprint density at radius 3 is 1.67 bits per heavy atom. The summed E-state index contributed by atoms with van der Waals surface area (Å²) in [5, 5.41) is 0.437. The van der Waals surface area contributed by atoms with Gasteiger partial charge < -0.3 is 0 Å². The van der Waals surface area contributed by atoms with Crippen molar-refractivity contribution in [3.63, 3.8) is 0 Å². The van der Waals surface area contributed by atoms with Crippen molar-refractivity contribution in [2.24, 2.45) is 5.92 Å². The van der Waals surface area contributed by atoms with Gasteiger partial charge in [-0.2, -0.15) is 0 Å². The largest absolute Gasteiger partial charge is 0.123 e. The molecule has 0 bridgehead atoms. The molecule has 56 valence electrons. The molecular formula is C7H14Cl2. The van der Waals surface area contributed by atoms with Gasteiger partial charge in [-0.25, -0.2) is 0 Å². The van der Waals surface area contributed by atoms with E-state index in [4.69, 9.17) is 23.2 Å². The normalized spacial score (nSPS) is 18.0. The first-order valence-corrected chi connectivity index (χ1v) is 4.19. The van der Waals surface area contributed by atoms with Crippen LogP contribution in [-0.4, -0.2) is 10.8 Å². The van der Waals surface area contributed by atoms with Crippen molar-refractivity contribution in [3.05, 3.63) is 0 Å². The number of halogens is 2. The molecule has 0 aliphatic heterocycles. The quantitative estimate of drug-likeness (QED) is 0.568. The predicted octanol–water partition coefficient (Wildman–Crippen LogP) is 3.27. The van der Waals surface area contributed by atoms with Crippen LogP contribution in [0, 0.1) is 5.92 Å². The van der Waals surface area contributed by atoms with Gasteiger partial charge in [0.1, 0.15) is 0 Å². The lowest BCUT2D eigenvalue weighted by molar-refractivity contribution is 0.562. The number of hydrogen-bond acceptors (Lipinski definition) is 0. The van der Waals surface area contributed by atoms with E-state index in [0.717, 1.165) is 6.42 Å². The summed E-state index contributed by atoms with van der Waals surface area (Å²) in [6.07, 6.45) is 0.904. The Bertz CT molecular complexity index is 69.3. The van der Waals surface area contributed by atoms with Crippen LogP contribution in [0.15, 0.2) is 0 Å². The van der Waals surface area contributed by atoms with Gasteiger partial charge in [0.15, 0.2) is 0 Å². The molecule has 2 unspecified atom stereocenters. The van der Waals surface area contributed by atoms with Crippen LogP contribution in [0.3, 0.4) is 0 Å². The van der Waals surface area contributed by atoms with Gasteiger partial charge in [0.2, 0.25) is 0 Å². The fourth-order valence-corrected chi connectivity index (χ4v) is 1.13. The second-order valence-electron chi connectivity index (χ2n) is 2.78.